The van der Waals surface area contributed by atoms with Gasteiger partial charge in [0.25, 0.3) is 0 Å². The SMILES string of the molecule is CCCCC=CC1=C[CH]C=C1.[Cl][Zr][Cl]. The molecule has 0 aromatic carbocycles. The number of hydrogen-bond acceptors (Lipinski definition) is 0. The molecule has 14 heavy (non-hydrogen) atoms. The molecule has 0 nitrogen and oxygen atoms in total. The fourth-order valence-corrected chi connectivity index (χ4v) is 1.04. The second-order valence-electron chi connectivity index (χ2n) is 2.83. The Morgan fingerprint density at radius 3 is 2.64 bits per heavy atom. The summed E-state index contributed by atoms with van der Waals surface area (Å²) in [6.07, 6.45) is 16.6. The van der Waals surface area contributed by atoms with Crippen molar-refractivity contribution in [2.75, 3.05) is 0 Å². The van der Waals surface area contributed by atoms with Gasteiger partial charge in [-0.3, -0.25) is 0 Å². The van der Waals surface area contributed by atoms with Gasteiger partial charge in [0.1, 0.15) is 0 Å². The van der Waals surface area contributed by atoms with Gasteiger partial charge in [-0.05, 0) is 12.0 Å². The maximum atomic E-state index is 4.93. The number of halogens is 2. The molecule has 0 amide bonds. The molecule has 0 saturated carbocycles. The molecule has 0 aromatic rings. The average molecular weight is 309 g/mol. The Labute approximate surface area is 106 Å². The van der Waals surface area contributed by atoms with E-state index in [2.05, 4.69) is 43.7 Å². The van der Waals surface area contributed by atoms with Crippen molar-refractivity contribution in [2.24, 2.45) is 0 Å². The van der Waals surface area contributed by atoms with E-state index in [9.17, 15) is 0 Å². The van der Waals surface area contributed by atoms with Gasteiger partial charge in [-0.15, -0.1) is 0 Å². The molecule has 0 heterocycles. The van der Waals surface area contributed by atoms with Crippen LogP contribution in [0.5, 0.6) is 0 Å². The van der Waals surface area contributed by atoms with Crippen LogP contribution in [0, 0.1) is 6.42 Å². The summed E-state index contributed by atoms with van der Waals surface area (Å²) in [6, 6.07) is 0. The van der Waals surface area contributed by atoms with Crippen molar-refractivity contribution in [1.29, 1.82) is 0 Å². The molecule has 0 fully saturated rings. The van der Waals surface area contributed by atoms with Gasteiger partial charge < -0.3 is 0 Å². The Kier molecular flexibility index (Phi) is 12.3. The van der Waals surface area contributed by atoms with Gasteiger partial charge in [0.05, 0.1) is 0 Å². The number of unbranched alkanes of at least 4 members (excludes halogenated alkanes) is 2. The summed E-state index contributed by atoms with van der Waals surface area (Å²) in [5.74, 6) is 0. The molecule has 0 N–H and O–H groups in total. The van der Waals surface area contributed by atoms with E-state index >= 15 is 0 Å². The van der Waals surface area contributed by atoms with Crippen LogP contribution in [0.25, 0.3) is 0 Å². The van der Waals surface area contributed by atoms with Crippen molar-refractivity contribution in [2.45, 2.75) is 26.2 Å². The van der Waals surface area contributed by atoms with Gasteiger partial charge in [0, 0.05) is 6.42 Å². The van der Waals surface area contributed by atoms with Crippen LogP contribution in [0.15, 0.2) is 36.0 Å². The average Bonchev–Trinajstić information content (AvgIpc) is 2.66. The molecule has 0 atom stereocenters. The van der Waals surface area contributed by atoms with E-state index in [1.54, 1.807) is 0 Å². The third-order valence-electron chi connectivity index (χ3n) is 1.72. The normalized spacial score (nSPS) is 13.8. The molecule has 0 aliphatic heterocycles. The van der Waals surface area contributed by atoms with Crippen molar-refractivity contribution in [3.05, 3.63) is 42.4 Å². The molecular weight excluding hydrogens is 294 g/mol. The fourth-order valence-electron chi connectivity index (χ4n) is 1.04. The number of rotatable bonds is 4. The van der Waals surface area contributed by atoms with Gasteiger partial charge in [-0.1, -0.05) is 50.1 Å². The molecule has 1 rings (SSSR count). The van der Waals surface area contributed by atoms with Crippen LogP contribution >= 0.6 is 17.0 Å². The summed E-state index contributed by atoms with van der Waals surface area (Å²) in [5, 5.41) is 0. The summed E-state index contributed by atoms with van der Waals surface area (Å²) < 4.78 is 0. The van der Waals surface area contributed by atoms with E-state index in [1.165, 1.54) is 24.8 Å². The Bertz CT molecular complexity index is 207. The standard InChI is InChI=1S/C11H15.2ClH.Zr/c1-2-3-4-5-8-11-9-6-7-10-11;;;/h5-10H,2-4H2,1H3;2*1H;/q;;;+2/p-2. The zero-order valence-electron chi connectivity index (χ0n) is 8.34. The predicted molar refractivity (Wildman–Crippen MR) is 61.9 cm³/mol. The molecule has 0 bridgehead atoms. The third kappa shape index (κ3) is 9.25. The molecule has 1 radical (unpaired) electrons. The molecule has 3 heteroatoms. The van der Waals surface area contributed by atoms with Crippen molar-refractivity contribution in [3.8, 4) is 0 Å². The summed E-state index contributed by atoms with van der Waals surface area (Å²) in [5.41, 5.74) is 1.32. The Morgan fingerprint density at radius 1 is 1.43 bits per heavy atom. The van der Waals surface area contributed by atoms with Crippen LogP contribution in [0.3, 0.4) is 0 Å². The van der Waals surface area contributed by atoms with Crippen LogP contribution in [-0.2, 0) is 20.8 Å². The van der Waals surface area contributed by atoms with Crippen LogP contribution < -0.4 is 0 Å². The number of hydrogen-bond donors (Lipinski definition) is 0. The zero-order valence-corrected chi connectivity index (χ0v) is 12.3. The predicted octanol–water partition coefficient (Wildman–Crippen LogP) is 4.81. The first-order valence-electron chi connectivity index (χ1n) is 4.69. The molecule has 0 unspecified atom stereocenters. The van der Waals surface area contributed by atoms with Gasteiger partial charge in [-0.25, -0.2) is 0 Å². The Morgan fingerprint density at radius 2 is 2.14 bits per heavy atom. The van der Waals surface area contributed by atoms with E-state index in [0.717, 1.165) is 0 Å². The minimum absolute atomic E-state index is 0.826. The van der Waals surface area contributed by atoms with Crippen LogP contribution in [0.2, 0.25) is 0 Å². The summed E-state index contributed by atoms with van der Waals surface area (Å²) in [7, 11) is 9.87. The molecule has 77 valence electrons. The van der Waals surface area contributed by atoms with Crippen molar-refractivity contribution < 1.29 is 20.8 Å². The van der Waals surface area contributed by atoms with Crippen LogP contribution in [0.1, 0.15) is 26.2 Å². The second-order valence-corrected chi connectivity index (χ2v) is 6.57. The first-order valence-corrected chi connectivity index (χ1v) is 11.0. The quantitative estimate of drug-likeness (QED) is 0.654. The van der Waals surface area contributed by atoms with E-state index < -0.39 is 20.8 Å². The summed E-state index contributed by atoms with van der Waals surface area (Å²) in [4.78, 5) is 0. The Balaban J connectivity index is 0.000000500. The monoisotopic (exact) mass is 307 g/mol. The fraction of sp³-hybridized carbons (Fsp3) is 0.364. The van der Waals surface area contributed by atoms with Gasteiger partial charge in [0.2, 0.25) is 0 Å². The molecule has 0 spiro atoms. The van der Waals surface area contributed by atoms with Crippen molar-refractivity contribution in [1.82, 2.24) is 0 Å². The molecule has 0 saturated heterocycles. The first-order chi connectivity index (χ1) is 6.85. The van der Waals surface area contributed by atoms with E-state index in [1.807, 2.05) is 0 Å². The van der Waals surface area contributed by atoms with E-state index in [4.69, 9.17) is 17.0 Å². The van der Waals surface area contributed by atoms with Crippen LogP contribution in [0.4, 0.5) is 0 Å². The van der Waals surface area contributed by atoms with Crippen molar-refractivity contribution in [3.63, 3.8) is 0 Å². The summed E-state index contributed by atoms with van der Waals surface area (Å²) >= 11 is -0.826. The van der Waals surface area contributed by atoms with Crippen molar-refractivity contribution >= 4 is 17.0 Å². The number of allylic oxidation sites excluding steroid dienone is 6. The first kappa shape index (κ1) is 14.7. The van der Waals surface area contributed by atoms with E-state index in [0.29, 0.717) is 0 Å². The summed E-state index contributed by atoms with van der Waals surface area (Å²) in [6.45, 7) is 2.22. The third-order valence-corrected chi connectivity index (χ3v) is 1.72. The topological polar surface area (TPSA) is 0 Å². The zero-order chi connectivity index (χ0) is 10.6. The van der Waals surface area contributed by atoms with Crippen LogP contribution in [-0.4, -0.2) is 0 Å². The molecule has 1 aliphatic carbocycles. The van der Waals surface area contributed by atoms with E-state index in [-0.39, 0.29) is 0 Å². The van der Waals surface area contributed by atoms with Gasteiger partial charge in [-0.2, -0.15) is 0 Å². The van der Waals surface area contributed by atoms with Gasteiger partial charge >= 0.3 is 37.9 Å². The molecular formula is C11H15Cl2Zr. The maximum absolute atomic E-state index is 4.93. The Hall–Kier alpha value is 0.683. The second kappa shape index (κ2) is 11.8. The van der Waals surface area contributed by atoms with Gasteiger partial charge in [0.15, 0.2) is 0 Å². The minimum atomic E-state index is -0.826. The molecule has 1 aliphatic rings. The molecule has 0 aromatic heterocycles.